The maximum atomic E-state index is 15.0. The van der Waals surface area contributed by atoms with Crippen LogP contribution in [0.2, 0.25) is 25.2 Å². The Morgan fingerprint density at radius 3 is 1.23 bits per heavy atom. The second-order valence-corrected chi connectivity index (χ2v) is 20.3. The molecule has 0 aliphatic rings. The fraction of sp³-hybridized carbons (Fsp3) is 0.676. The van der Waals surface area contributed by atoms with E-state index in [1.807, 2.05) is 40.8 Å². The van der Waals surface area contributed by atoms with Crippen LogP contribution in [0.3, 0.4) is 0 Å². The molecule has 0 aliphatic heterocycles. The van der Waals surface area contributed by atoms with Gasteiger partial charge in [0, 0.05) is 52.7 Å². The molecular weight excluding hydrogens is 803 g/mol. The summed E-state index contributed by atoms with van der Waals surface area (Å²) in [4.78, 5) is 0. The van der Waals surface area contributed by atoms with Crippen LogP contribution in [-0.4, -0.2) is 128 Å². The molecule has 2 aromatic rings. The highest BCUT2D eigenvalue weighted by atomic mass is 28.4. The first kappa shape index (κ1) is 50.5. The number of rotatable bonds is 28. The van der Waals surface area contributed by atoms with E-state index in [0.29, 0.717) is 87.8 Å². The molecule has 0 heterocycles. The molecule has 0 aliphatic carbocycles. The van der Waals surface area contributed by atoms with Crippen LogP contribution in [0.15, 0.2) is 36.4 Å². The van der Waals surface area contributed by atoms with Crippen LogP contribution in [-0.2, 0) is 32.6 Å². The summed E-state index contributed by atoms with van der Waals surface area (Å²) in [6, 6.07) is 4.71. The SMILES string of the molecule is CCO[Si](C)(CCCOCC(O)CNc1cc(C(c2ccc(O)c(NCC(O)COCCC[Si](C)(OCC)OCC)c2)(C(F)(F)F)C(F)(F)F)ccc1O)OCC. The number of aromatic hydroxyl groups is 2. The summed E-state index contributed by atoms with van der Waals surface area (Å²) in [5, 5.41) is 46.8. The number of ether oxygens (including phenoxy) is 2. The maximum Gasteiger partial charge on any atom is 0.411 e. The van der Waals surface area contributed by atoms with Crippen LogP contribution in [0.1, 0.15) is 51.7 Å². The van der Waals surface area contributed by atoms with Crippen molar-refractivity contribution in [1.29, 1.82) is 0 Å². The first-order valence-electron chi connectivity index (χ1n) is 19.1. The Morgan fingerprint density at radius 2 is 0.930 bits per heavy atom. The highest BCUT2D eigenvalue weighted by molar-refractivity contribution is 6.66. The second-order valence-electron chi connectivity index (χ2n) is 13.6. The van der Waals surface area contributed by atoms with Crippen molar-refractivity contribution in [2.24, 2.45) is 0 Å². The molecule has 0 bridgehead atoms. The van der Waals surface area contributed by atoms with Gasteiger partial charge in [-0.05, 0) is 101 Å². The van der Waals surface area contributed by atoms with Crippen LogP contribution in [0.4, 0.5) is 37.7 Å². The van der Waals surface area contributed by atoms with Crippen LogP contribution in [0.25, 0.3) is 0 Å². The highest BCUT2D eigenvalue weighted by Crippen LogP contribution is 2.57. The van der Waals surface area contributed by atoms with Gasteiger partial charge in [-0.1, -0.05) is 12.1 Å². The molecule has 0 amide bonds. The predicted molar refractivity (Wildman–Crippen MR) is 208 cm³/mol. The molecule has 0 radical (unpaired) electrons. The summed E-state index contributed by atoms with van der Waals surface area (Å²) in [5.41, 5.74) is -8.21. The Kier molecular flexibility index (Phi) is 20.6. The molecule has 0 aromatic heterocycles. The fourth-order valence-electron chi connectivity index (χ4n) is 6.40. The molecule has 20 heteroatoms. The summed E-state index contributed by atoms with van der Waals surface area (Å²) in [7, 11) is -4.75. The zero-order valence-electron chi connectivity index (χ0n) is 33.5. The van der Waals surface area contributed by atoms with Crippen molar-refractivity contribution in [2.45, 2.75) is 95.7 Å². The number of phenols is 2. The van der Waals surface area contributed by atoms with Crippen molar-refractivity contribution in [2.75, 3.05) is 76.6 Å². The summed E-state index contributed by atoms with van der Waals surface area (Å²) in [5.74, 6) is -1.32. The number of phenolic OH excluding ortho intramolecular Hbond substituents is 2. The van der Waals surface area contributed by atoms with Gasteiger partial charge in [-0.25, -0.2) is 0 Å². The second kappa shape index (κ2) is 23.2. The van der Waals surface area contributed by atoms with Gasteiger partial charge in [0.15, 0.2) is 0 Å². The highest BCUT2D eigenvalue weighted by Gasteiger charge is 2.72. The molecule has 2 aromatic carbocycles. The van der Waals surface area contributed by atoms with Gasteiger partial charge in [-0.15, -0.1) is 0 Å². The molecule has 328 valence electrons. The van der Waals surface area contributed by atoms with Gasteiger partial charge in [-0.3, -0.25) is 0 Å². The summed E-state index contributed by atoms with van der Waals surface area (Å²) in [6.45, 7) is 12.6. The first-order chi connectivity index (χ1) is 26.7. The standard InChI is InChI=1S/C37H60F6N2O10Si2/c1-7-52-56(5,53-8-2)19-11-17-50-25-29(46)23-44-31-21-27(13-15-33(31)48)35(36(38,39)40,37(41,42)43)28-14-16-34(49)32(22-28)45-24-30(47)26-51-18-12-20-57(6,54-9-3)55-10-4/h13-16,21-22,29-30,44-49H,7-12,17-20,23-26H2,1-6H3. The fourth-order valence-corrected chi connectivity index (χ4v) is 11.2. The van der Waals surface area contributed by atoms with Crippen molar-refractivity contribution >= 4 is 28.5 Å². The number of benzene rings is 2. The molecule has 0 fully saturated rings. The van der Waals surface area contributed by atoms with E-state index >= 15 is 26.3 Å². The molecular formula is C37H60F6N2O10Si2. The molecule has 6 N–H and O–H groups in total. The van der Waals surface area contributed by atoms with Crippen molar-refractivity contribution in [3.8, 4) is 11.5 Å². The third kappa shape index (κ3) is 14.8. The Balaban J connectivity index is 2.20. The lowest BCUT2D eigenvalue weighted by Crippen LogP contribution is -2.54. The van der Waals surface area contributed by atoms with Crippen LogP contribution in [0, 0.1) is 0 Å². The largest absolute Gasteiger partial charge is 0.506 e. The number of halogens is 6. The van der Waals surface area contributed by atoms with Crippen LogP contribution < -0.4 is 10.6 Å². The number of anilines is 2. The number of hydrogen-bond acceptors (Lipinski definition) is 12. The number of aliphatic hydroxyl groups is 2. The predicted octanol–water partition coefficient (Wildman–Crippen LogP) is 7.16. The molecule has 2 atom stereocenters. The first-order valence-corrected chi connectivity index (χ1v) is 24.1. The maximum absolute atomic E-state index is 15.0. The van der Waals surface area contributed by atoms with Gasteiger partial charge in [0.1, 0.15) is 11.5 Å². The van der Waals surface area contributed by atoms with E-state index in [2.05, 4.69) is 10.6 Å². The van der Waals surface area contributed by atoms with Gasteiger partial charge in [0.05, 0.1) is 36.8 Å². The van der Waals surface area contributed by atoms with E-state index in [1.165, 1.54) is 0 Å². The van der Waals surface area contributed by atoms with Crippen molar-refractivity contribution in [3.05, 3.63) is 47.5 Å². The van der Waals surface area contributed by atoms with E-state index < -0.39 is 81.1 Å². The number of alkyl halides is 6. The zero-order chi connectivity index (χ0) is 42.9. The summed E-state index contributed by atoms with van der Waals surface area (Å²) < 4.78 is 124. The van der Waals surface area contributed by atoms with Gasteiger partial charge in [0.2, 0.25) is 5.41 Å². The van der Waals surface area contributed by atoms with E-state index in [-0.39, 0.29) is 39.5 Å². The lowest BCUT2D eigenvalue weighted by Gasteiger charge is -2.38. The lowest BCUT2D eigenvalue weighted by atomic mass is 9.72. The zero-order valence-corrected chi connectivity index (χ0v) is 35.5. The molecule has 12 nitrogen and oxygen atoms in total. The molecule has 0 saturated carbocycles. The Labute approximate surface area is 333 Å². The normalized spacial score (nSPS) is 14.1. The van der Waals surface area contributed by atoms with Gasteiger partial charge in [-0.2, -0.15) is 26.3 Å². The molecule has 0 spiro atoms. The van der Waals surface area contributed by atoms with Gasteiger partial charge >= 0.3 is 29.5 Å². The minimum Gasteiger partial charge on any atom is -0.506 e. The third-order valence-electron chi connectivity index (χ3n) is 9.02. The Bertz CT molecular complexity index is 1360. The van der Waals surface area contributed by atoms with Crippen molar-refractivity contribution in [1.82, 2.24) is 0 Å². The monoisotopic (exact) mass is 862 g/mol. The average Bonchev–Trinajstić information content (AvgIpc) is 3.11. The number of nitrogens with one attached hydrogen (secondary N) is 2. The minimum atomic E-state index is -5.99. The molecule has 57 heavy (non-hydrogen) atoms. The molecule has 0 saturated heterocycles. The van der Waals surface area contributed by atoms with E-state index in [0.717, 1.165) is 0 Å². The van der Waals surface area contributed by atoms with Crippen molar-refractivity contribution in [3.63, 3.8) is 0 Å². The van der Waals surface area contributed by atoms with Gasteiger partial charge in [0.25, 0.3) is 0 Å². The Hall–Kier alpha value is -2.67. The summed E-state index contributed by atoms with van der Waals surface area (Å²) >= 11 is 0. The number of aliphatic hydroxyl groups excluding tert-OH is 2. The molecule has 2 rings (SSSR count). The van der Waals surface area contributed by atoms with Crippen LogP contribution in [0.5, 0.6) is 11.5 Å². The quantitative estimate of drug-likeness (QED) is 0.0222. The van der Waals surface area contributed by atoms with Crippen LogP contribution >= 0.6 is 0 Å². The smallest absolute Gasteiger partial charge is 0.411 e. The summed E-state index contributed by atoms with van der Waals surface area (Å²) in [6.07, 6.45) is -13.3. The minimum absolute atomic E-state index is 0.210. The van der Waals surface area contributed by atoms with E-state index in [4.69, 9.17) is 27.2 Å². The lowest BCUT2D eigenvalue weighted by molar-refractivity contribution is -0.288. The van der Waals surface area contributed by atoms with Crippen molar-refractivity contribution < 1.29 is 73.9 Å². The van der Waals surface area contributed by atoms with Gasteiger partial charge < -0.3 is 58.2 Å². The third-order valence-corrected chi connectivity index (χ3v) is 15.1. The van der Waals surface area contributed by atoms with E-state index in [1.54, 1.807) is 0 Å². The van der Waals surface area contributed by atoms with E-state index in [9.17, 15) is 20.4 Å². The Morgan fingerprint density at radius 1 is 0.596 bits per heavy atom. The molecule has 2 unspecified atom stereocenters. The topological polar surface area (TPSA) is 160 Å². The number of hydrogen-bond donors (Lipinski definition) is 6. The average molecular weight is 863 g/mol.